The molecule has 16 heavy (non-hydrogen) atoms. The first-order chi connectivity index (χ1) is 7.90. The predicted octanol–water partition coefficient (Wildman–Crippen LogP) is 1.68. The van der Waals surface area contributed by atoms with Gasteiger partial charge in [-0.1, -0.05) is 36.8 Å². The maximum absolute atomic E-state index is 5.83. The van der Waals surface area contributed by atoms with Gasteiger partial charge in [0.15, 0.2) is 0 Å². The monoisotopic (exact) mass is 219 g/mol. The quantitative estimate of drug-likeness (QED) is 0.809. The lowest BCUT2D eigenvalue weighted by atomic mass is 10.1. The van der Waals surface area contributed by atoms with E-state index in [-0.39, 0.29) is 6.04 Å². The van der Waals surface area contributed by atoms with Crippen molar-refractivity contribution in [3.05, 3.63) is 35.9 Å². The van der Waals surface area contributed by atoms with Crippen molar-refractivity contribution in [2.45, 2.75) is 25.3 Å². The summed E-state index contributed by atoms with van der Waals surface area (Å²) in [5, 5.41) is 2.31. The van der Waals surface area contributed by atoms with Gasteiger partial charge in [0, 0.05) is 19.6 Å². The molecule has 1 fully saturated rings. The molecule has 3 heteroatoms. The molecule has 2 rings (SSSR count). The molecule has 1 atom stereocenters. The van der Waals surface area contributed by atoms with E-state index in [1.807, 2.05) is 6.07 Å². The van der Waals surface area contributed by atoms with Crippen molar-refractivity contribution in [3.63, 3.8) is 0 Å². The van der Waals surface area contributed by atoms with E-state index in [9.17, 15) is 0 Å². The van der Waals surface area contributed by atoms with Crippen LogP contribution in [0.15, 0.2) is 30.3 Å². The Bertz CT molecular complexity index is 293. The molecule has 0 radical (unpaired) electrons. The summed E-state index contributed by atoms with van der Waals surface area (Å²) in [5.74, 6) is 0. The van der Waals surface area contributed by atoms with Crippen molar-refractivity contribution in [1.29, 1.82) is 0 Å². The molecule has 3 nitrogen and oxygen atoms in total. The number of nitrogens with two attached hydrogens (primary N) is 1. The van der Waals surface area contributed by atoms with E-state index in [1.54, 1.807) is 0 Å². The summed E-state index contributed by atoms with van der Waals surface area (Å²) in [6, 6.07) is 10.7. The molecule has 3 N–H and O–H groups in total. The smallest absolute Gasteiger partial charge is 0.0587 e. The normalized spacial score (nSPS) is 19.6. The molecule has 1 aromatic rings. The van der Waals surface area contributed by atoms with Crippen molar-refractivity contribution in [2.75, 3.05) is 19.6 Å². The zero-order valence-electron chi connectivity index (χ0n) is 9.73. The number of piperidine rings is 1. The lowest BCUT2D eigenvalue weighted by Crippen LogP contribution is -2.45. The highest BCUT2D eigenvalue weighted by atomic mass is 15.5. The highest BCUT2D eigenvalue weighted by Crippen LogP contribution is 2.14. The van der Waals surface area contributed by atoms with Gasteiger partial charge in [0.2, 0.25) is 0 Å². The van der Waals surface area contributed by atoms with E-state index in [2.05, 4.69) is 34.7 Å². The van der Waals surface area contributed by atoms with E-state index in [1.165, 1.54) is 24.8 Å². The molecule has 0 aromatic heterocycles. The summed E-state index contributed by atoms with van der Waals surface area (Å²) >= 11 is 0. The second kappa shape index (κ2) is 5.99. The summed E-state index contributed by atoms with van der Waals surface area (Å²) in [6.07, 6.45) is 3.94. The maximum Gasteiger partial charge on any atom is 0.0587 e. The number of hydrogen-bond donors (Lipinski definition) is 2. The average molecular weight is 219 g/mol. The Kier molecular flexibility index (Phi) is 4.34. The Labute approximate surface area is 97.6 Å². The number of nitrogens with zero attached hydrogens (tertiary/aromatic N) is 1. The van der Waals surface area contributed by atoms with E-state index in [0.29, 0.717) is 6.54 Å². The van der Waals surface area contributed by atoms with Gasteiger partial charge in [-0.15, -0.1) is 0 Å². The topological polar surface area (TPSA) is 41.3 Å². The summed E-state index contributed by atoms with van der Waals surface area (Å²) in [6.45, 7) is 2.92. The molecule has 1 aliphatic heterocycles. The van der Waals surface area contributed by atoms with Crippen molar-refractivity contribution in [1.82, 2.24) is 10.4 Å². The molecule has 0 saturated carbocycles. The molecule has 1 heterocycles. The van der Waals surface area contributed by atoms with Crippen molar-refractivity contribution >= 4 is 0 Å². The average Bonchev–Trinajstić information content (AvgIpc) is 2.38. The van der Waals surface area contributed by atoms with Gasteiger partial charge in [-0.25, -0.2) is 10.4 Å². The largest absolute Gasteiger partial charge is 0.329 e. The van der Waals surface area contributed by atoms with Crippen LogP contribution < -0.4 is 11.2 Å². The number of nitrogens with one attached hydrogen (secondary N) is 1. The Morgan fingerprint density at radius 2 is 1.81 bits per heavy atom. The van der Waals surface area contributed by atoms with Gasteiger partial charge < -0.3 is 5.73 Å². The van der Waals surface area contributed by atoms with Crippen LogP contribution in [0.4, 0.5) is 0 Å². The number of rotatable bonds is 4. The van der Waals surface area contributed by atoms with Crippen LogP contribution in [0.1, 0.15) is 30.9 Å². The minimum absolute atomic E-state index is 0.249. The zero-order valence-corrected chi connectivity index (χ0v) is 9.73. The van der Waals surface area contributed by atoms with Gasteiger partial charge in [-0.05, 0) is 18.4 Å². The van der Waals surface area contributed by atoms with Crippen LogP contribution in [0.2, 0.25) is 0 Å². The second-order valence-electron chi connectivity index (χ2n) is 4.38. The zero-order chi connectivity index (χ0) is 11.2. The standard InChI is InChI=1S/C13H21N3/c14-11-13(12-7-3-1-4-8-12)15-16-9-5-2-6-10-16/h1,3-4,7-8,13,15H,2,5-6,9-11,14H2. The molecular formula is C13H21N3. The molecule has 1 aliphatic rings. The summed E-state index contributed by atoms with van der Waals surface area (Å²) < 4.78 is 0. The highest BCUT2D eigenvalue weighted by Gasteiger charge is 2.15. The molecule has 0 amide bonds. The van der Waals surface area contributed by atoms with Gasteiger partial charge in [-0.3, -0.25) is 0 Å². The van der Waals surface area contributed by atoms with E-state index < -0.39 is 0 Å². The van der Waals surface area contributed by atoms with Crippen LogP contribution >= 0.6 is 0 Å². The van der Waals surface area contributed by atoms with E-state index in [4.69, 9.17) is 5.73 Å². The van der Waals surface area contributed by atoms with Gasteiger partial charge in [0.05, 0.1) is 6.04 Å². The SMILES string of the molecule is NCC(NN1CCCCC1)c1ccccc1. The van der Waals surface area contributed by atoms with Crippen LogP contribution in [0.25, 0.3) is 0 Å². The maximum atomic E-state index is 5.83. The fourth-order valence-corrected chi connectivity index (χ4v) is 2.19. The van der Waals surface area contributed by atoms with E-state index >= 15 is 0 Å². The molecule has 1 unspecified atom stereocenters. The van der Waals surface area contributed by atoms with Crippen molar-refractivity contribution < 1.29 is 0 Å². The second-order valence-corrected chi connectivity index (χ2v) is 4.38. The van der Waals surface area contributed by atoms with Crippen LogP contribution in [0.3, 0.4) is 0 Å². The summed E-state index contributed by atoms with van der Waals surface area (Å²) in [4.78, 5) is 0. The molecule has 88 valence electrons. The third kappa shape index (κ3) is 3.04. The Morgan fingerprint density at radius 3 is 2.44 bits per heavy atom. The Balaban J connectivity index is 1.94. The van der Waals surface area contributed by atoms with Gasteiger partial charge in [-0.2, -0.15) is 0 Å². The minimum Gasteiger partial charge on any atom is -0.329 e. The van der Waals surface area contributed by atoms with Crippen molar-refractivity contribution in [2.24, 2.45) is 5.73 Å². The van der Waals surface area contributed by atoms with Crippen LogP contribution in [-0.4, -0.2) is 24.6 Å². The molecule has 0 spiro atoms. The Hall–Kier alpha value is -0.900. The molecule has 0 bridgehead atoms. The third-order valence-corrected chi connectivity index (χ3v) is 3.13. The summed E-state index contributed by atoms with van der Waals surface area (Å²) in [5.41, 5.74) is 10.6. The van der Waals surface area contributed by atoms with Crippen LogP contribution in [0.5, 0.6) is 0 Å². The lowest BCUT2D eigenvalue weighted by molar-refractivity contribution is 0.130. The lowest BCUT2D eigenvalue weighted by Gasteiger charge is -2.31. The van der Waals surface area contributed by atoms with Gasteiger partial charge in [0.1, 0.15) is 0 Å². The predicted molar refractivity (Wildman–Crippen MR) is 66.8 cm³/mol. The van der Waals surface area contributed by atoms with Gasteiger partial charge in [0.25, 0.3) is 0 Å². The first-order valence-electron chi connectivity index (χ1n) is 6.16. The highest BCUT2D eigenvalue weighted by molar-refractivity contribution is 5.18. The molecule has 1 saturated heterocycles. The number of benzene rings is 1. The van der Waals surface area contributed by atoms with Crippen LogP contribution in [-0.2, 0) is 0 Å². The molecule has 0 aliphatic carbocycles. The van der Waals surface area contributed by atoms with E-state index in [0.717, 1.165) is 13.1 Å². The number of hydrazine groups is 1. The fourth-order valence-electron chi connectivity index (χ4n) is 2.19. The third-order valence-electron chi connectivity index (χ3n) is 3.13. The summed E-state index contributed by atoms with van der Waals surface area (Å²) in [7, 11) is 0. The first kappa shape index (κ1) is 11.6. The van der Waals surface area contributed by atoms with Crippen LogP contribution in [0, 0.1) is 0 Å². The van der Waals surface area contributed by atoms with Gasteiger partial charge >= 0.3 is 0 Å². The first-order valence-corrected chi connectivity index (χ1v) is 6.16. The number of hydrogen-bond acceptors (Lipinski definition) is 3. The molecule has 1 aromatic carbocycles. The van der Waals surface area contributed by atoms with Crippen molar-refractivity contribution in [3.8, 4) is 0 Å². The minimum atomic E-state index is 0.249. The fraction of sp³-hybridized carbons (Fsp3) is 0.538. The molecular weight excluding hydrogens is 198 g/mol. The Morgan fingerprint density at radius 1 is 1.12 bits per heavy atom.